The second-order valence-corrected chi connectivity index (χ2v) is 5.24. The lowest BCUT2D eigenvalue weighted by molar-refractivity contribution is 0.0992. The van der Waals surface area contributed by atoms with E-state index in [1.807, 2.05) is 18.2 Å². The Morgan fingerprint density at radius 3 is 2.57 bits per heavy atom. The lowest BCUT2D eigenvalue weighted by Crippen LogP contribution is -2.06. The van der Waals surface area contributed by atoms with E-state index in [0.717, 1.165) is 0 Å². The molecular weight excluding hydrogens is 317 g/mol. The van der Waals surface area contributed by atoms with Crippen molar-refractivity contribution in [2.45, 2.75) is 6.42 Å². The second kappa shape index (κ2) is 6.62. The molecule has 0 spiro atoms. The van der Waals surface area contributed by atoms with Crippen molar-refractivity contribution in [1.82, 2.24) is 15.0 Å². The Balaban J connectivity index is 1.75. The smallest absolute Gasteiger partial charge is 0.168 e. The number of carbonyl (C=O) groups is 1. The summed E-state index contributed by atoms with van der Waals surface area (Å²) in [6, 6.07) is 9.40. The molecule has 0 amide bonds. The van der Waals surface area contributed by atoms with Crippen molar-refractivity contribution >= 4 is 17.4 Å². The fourth-order valence-corrected chi connectivity index (χ4v) is 2.21. The van der Waals surface area contributed by atoms with Crippen LogP contribution in [0.2, 0.25) is 5.02 Å². The Bertz CT molecular complexity index is 838. The maximum absolute atomic E-state index is 13.1. The summed E-state index contributed by atoms with van der Waals surface area (Å²) in [5, 5.41) is -0.0764. The van der Waals surface area contributed by atoms with E-state index in [0.29, 0.717) is 22.6 Å². The van der Waals surface area contributed by atoms with Gasteiger partial charge in [-0.2, -0.15) is 0 Å². The highest BCUT2D eigenvalue weighted by Gasteiger charge is 2.11. The van der Waals surface area contributed by atoms with Crippen molar-refractivity contribution in [3.63, 3.8) is 0 Å². The number of benzene rings is 1. The Labute approximate surface area is 137 Å². The van der Waals surface area contributed by atoms with E-state index >= 15 is 0 Å². The van der Waals surface area contributed by atoms with Gasteiger partial charge in [-0.3, -0.25) is 19.7 Å². The number of hydrogen-bond donors (Lipinski definition) is 0. The predicted octanol–water partition coefficient (Wildman–Crippen LogP) is 3.76. The van der Waals surface area contributed by atoms with E-state index in [4.69, 9.17) is 11.6 Å². The van der Waals surface area contributed by atoms with Gasteiger partial charge in [0.2, 0.25) is 0 Å². The molecule has 0 radical (unpaired) electrons. The third-order valence-electron chi connectivity index (χ3n) is 3.22. The minimum absolute atomic E-state index is 0.0669. The van der Waals surface area contributed by atoms with Gasteiger partial charge >= 0.3 is 0 Å². The number of pyridine rings is 1. The molecular formula is C17H11ClFN3O. The number of Topliss-reactive ketones (excluding diaryl/α,β-unsaturated/α-hetero) is 1. The highest BCUT2D eigenvalue weighted by Crippen LogP contribution is 2.17. The van der Waals surface area contributed by atoms with Crippen molar-refractivity contribution in [3.05, 3.63) is 77.1 Å². The first-order valence-electron chi connectivity index (χ1n) is 6.84. The van der Waals surface area contributed by atoms with Gasteiger partial charge in [0.1, 0.15) is 11.5 Å². The number of ketones is 1. The van der Waals surface area contributed by atoms with Gasteiger partial charge in [0.25, 0.3) is 0 Å². The molecule has 0 aliphatic rings. The molecule has 23 heavy (non-hydrogen) atoms. The highest BCUT2D eigenvalue weighted by molar-refractivity contribution is 6.31. The van der Waals surface area contributed by atoms with Gasteiger partial charge in [-0.25, -0.2) is 4.39 Å². The van der Waals surface area contributed by atoms with Crippen molar-refractivity contribution in [1.29, 1.82) is 0 Å². The van der Waals surface area contributed by atoms with Crippen molar-refractivity contribution in [2.75, 3.05) is 0 Å². The molecule has 3 rings (SSSR count). The Morgan fingerprint density at radius 1 is 1.04 bits per heavy atom. The Kier molecular flexibility index (Phi) is 4.39. The van der Waals surface area contributed by atoms with Crippen LogP contribution in [0.1, 0.15) is 16.1 Å². The highest BCUT2D eigenvalue weighted by atomic mass is 35.5. The van der Waals surface area contributed by atoms with Gasteiger partial charge in [-0.1, -0.05) is 17.7 Å². The first-order chi connectivity index (χ1) is 11.1. The van der Waals surface area contributed by atoms with Crippen LogP contribution in [0, 0.1) is 5.82 Å². The molecule has 0 aliphatic heterocycles. The molecule has 4 nitrogen and oxygen atoms in total. The molecule has 0 fully saturated rings. The molecule has 0 unspecified atom stereocenters. The van der Waals surface area contributed by atoms with Gasteiger partial charge in [0, 0.05) is 18.0 Å². The SMILES string of the molecule is O=C(Cc1cnc(-c2ccccn2)cn1)c1ccc(F)c(Cl)c1. The summed E-state index contributed by atoms with van der Waals surface area (Å²) in [6.45, 7) is 0. The van der Waals surface area contributed by atoms with Crippen LogP contribution in [0.25, 0.3) is 11.4 Å². The number of halogens is 2. The number of carbonyl (C=O) groups excluding carboxylic acids is 1. The fraction of sp³-hybridized carbons (Fsp3) is 0.0588. The average Bonchev–Trinajstić information content (AvgIpc) is 2.59. The number of rotatable bonds is 4. The number of aromatic nitrogens is 3. The van der Waals surface area contributed by atoms with Crippen LogP contribution in [0.3, 0.4) is 0 Å². The van der Waals surface area contributed by atoms with E-state index in [-0.39, 0.29) is 17.2 Å². The molecule has 0 aliphatic carbocycles. The largest absolute Gasteiger partial charge is 0.294 e. The van der Waals surface area contributed by atoms with Crippen LogP contribution in [-0.4, -0.2) is 20.7 Å². The third kappa shape index (κ3) is 3.57. The normalized spacial score (nSPS) is 10.5. The molecule has 0 saturated carbocycles. The van der Waals surface area contributed by atoms with Crippen LogP contribution in [0.15, 0.2) is 55.0 Å². The quantitative estimate of drug-likeness (QED) is 0.685. The standard InChI is InChI=1S/C17H11ClFN3O/c18-13-7-11(4-5-14(13)19)17(23)8-12-9-22-16(10-21-12)15-3-1-2-6-20-15/h1-7,9-10H,8H2. The fourth-order valence-electron chi connectivity index (χ4n) is 2.03. The summed E-state index contributed by atoms with van der Waals surface area (Å²) in [7, 11) is 0. The zero-order valence-electron chi connectivity index (χ0n) is 11.9. The van der Waals surface area contributed by atoms with E-state index in [1.54, 1.807) is 12.4 Å². The van der Waals surface area contributed by atoms with Gasteiger partial charge < -0.3 is 0 Å². The summed E-state index contributed by atoms with van der Waals surface area (Å²) in [4.78, 5) is 24.9. The molecule has 114 valence electrons. The van der Waals surface area contributed by atoms with Crippen LogP contribution in [0.5, 0.6) is 0 Å². The van der Waals surface area contributed by atoms with Crippen LogP contribution in [-0.2, 0) is 6.42 Å². The molecule has 0 saturated heterocycles. The maximum Gasteiger partial charge on any atom is 0.168 e. The summed E-state index contributed by atoms with van der Waals surface area (Å²) in [5.74, 6) is -0.755. The summed E-state index contributed by atoms with van der Waals surface area (Å²) < 4.78 is 13.1. The molecule has 6 heteroatoms. The number of nitrogens with zero attached hydrogens (tertiary/aromatic N) is 3. The lowest BCUT2D eigenvalue weighted by atomic mass is 10.1. The zero-order chi connectivity index (χ0) is 16.2. The molecule has 0 bridgehead atoms. The zero-order valence-corrected chi connectivity index (χ0v) is 12.7. The average molecular weight is 328 g/mol. The van der Waals surface area contributed by atoms with Gasteiger partial charge in [0.15, 0.2) is 5.78 Å². The topological polar surface area (TPSA) is 55.7 Å². The summed E-state index contributed by atoms with van der Waals surface area (Å²) in [5.41, 5.74) is 2.21. The van der Waals surface area contributed by atoms with Gasteiger partial charge in [0.05, 0.1) is 29.0 Å². The first-order valence-corrected chi connectivity index (χ1v) is 7.22. The van der Waals surface area contributed by atoms with E-state index in [9.17, 15) is 9.18 Å². The summed E-state index contributed by atoms with van der Waals surface area (Å²) in [6.07, 6.45) is 4.85. The van der Waals surface area contributed by atoms with E-state index in [1.165, 1.54) is 24.4 Å². The predicted molar refractivity (Wildman–Crippen MR) is 84.7 cm³/mol. The van der Waals surface area contributed by atoms with Crippen LogP contribution >= 0.6 is 11.6 Å². The van der Waals surface area contributed by atoms with E-state index in [2.05, 4.69) is 15.0 Å². The van der Waals surface area contributed by atoms with Gasteiger partial charge in [-0.15, -0.1) is 0 Å². The van der Waals surface area contributed by atoms with Crippen LogP contribution < -0.4 is 0 Å². The Hall–Kier alpha value is -2.66. The van der Waals surface area contributed by atoms with Crippen molar-refractivity contribution < 1.29 is 9.18 Å². The molecule has 0 atom stereocenters. The second-order valence-electron chi connectivity index (χ2n) is 4.84. The van der Waals surface area contributed by atoms with Crippen molar-refractivity contribution in [2.24, 2.45) is 0 Å². The number of hydrogen-bond acceptors (Lipinski definition) is 4. The molecule has 1 aromatic carbocycles. The van der Waals surface area contributed by atoms with Crippen molar-refractivity contribution in [3.8, 4) is 11.4 Å². The minimum Gasteiger partial charge on any atom is -0.294 e. The third-order valence-corrected chi connectivity index (χ3v) is 3.51. The minimum atomic E-state index is -0.553. The molecule has 0 N–H and O–H groups in total. The molecule has 2 aromatic heterocycles. The first kappa shape index (κ1) is 15.2. The Morgan fingerprint density at radius 2 is 1.91 bits per heavy atom. The van der Waals surface area contributed by atoms with E-state index < -0.39 is 5.82 Å². The molecule has 2 heterocycles. The van der Waals surface area contributed by atoms with Gasteiger partial charge in [-0.05, 0) is 30.3 Å². The lowest BCUT2D eigenvalue weighted by Gasteiger charge is -2.03. The monoisotopic (exact) mass is 327 g/mol. The summed E-state index contributed by atoms with van der Waals surface area (Å²) >= 11 is 5.69. The molecule has 3 aromatic rings. The van der Waals surface area contributed by atoms with Crippen LogP contribution in [0.4, 0.5) is 4.39 Å². The maximum atomic E-state index is 13.1.